The number of rotatable bonds is 6. The predicted octanol–water partition coefficient (Wildman–Crippen LogP) is 2.84. The zero-order chi connectivity index (χ0) is 17.0. The molecule has 1 N–H and O–H groups in total. The van der Waals surface area contributed by atoms with Gasteiger partial charge in [-0.05, 0) is 50.2 Å². The van der Waals surface area contributed by atoms with Crippen LogP contribution in [-0.2, 0) is 16.4 Å². The monoisotopic (exact) mass is 347 g/mol. The molecule has 0 unspecified atom stereocenters. The van der Waals surface area contributed by atoms with E-state index >= 15 is 0 Å². The maximum Gasteiger partial charge on any atom is 0.212 e. The first-order chi connectivity index (χ1) is 11.5. The van der Waals surface area contributed by atoms with Crippen LogP contribution in [0.5, 0.6) is 0 Å². The van der Waals surface area contributed by atoms with E-state index in [9.17, 15) is 8.42 Å². The molecule has 2 aromatic rings. The van der Waals surface area contributed by atoms with Crippen molar-refractivity contribution in [3.05, 3.63) is 53.9 Å². The summed E-state index contributed by atoms with van der Waals surface area (Å²) in [7, 11) is -3.23. The Morgan fingerprint density at radius 1 is 1.17 bits per heavy atom. The Hall–Kier alpha value is -1.66. The van der Waals surface area contributed by atoms with Crippen LogP contribution in [0.2, 0.25) is 0 Å². The number of nitrogens with zero attached hydrogens (tertiary/aromatic N) is 2. The number of hydrogen-bond donors (Lipinski definition) is 1. The first kappa shape index (κ1) is 17.2. The van der Waals surface area contributed by atoms with E-state index in [0.717, 1.165) is 31.2 Å². The van der Waals surface area contributed by atoms with Gasteiger partial charge in [0.25, 0.3) is 0 Å². The Morgan fingerprint density at radius 2 is 1.88 bits per heavy atom. The molecule has 1 aromatic carbocycles. The van der Waals surface area contributed by atoms with Gasteiger partial charge in [-0.2, -0.15) is 5.10 Å². The Balaban J connectivity index is 1.48. The Labute approximate surface area is 144 Å². The molecule has 0 aliphatic heterocycles. The minimum Gasteiger partial charge on any atom is -0.269 e. The SMILES string of the molecule is Cc1cnn(C2CCC(NS(=O)(=O)CCc3ccccc3)CC2)c1. The fraction of sp³-hybridized carbons (Fsp3) is 0.500. The number of aryl methyl sites for hydroxylation is 2. The van der Waals surface area contributed by atoms with Crippen molar-refractivity contribution < 1.29 is 8.42 Å². The van der Waals surface area contributed by atoms with Gasteiger partial charge in [-0.25, -0.2) is 13.1 Å². The molecule has 5 nitrogen and oxygen atoms in total. The molecule has 0 amide bonds. The maximum atomic E-state index is 12.3. The predicted molar refractivity (Wildman–Crippen MR) is 95.3 cm³/mol. The highest BCUT2D eigenvalue weighted by atomic mass is 32.2. The van der Waals surface area contributed by atoms with Crippen LogP contribution in [0.15, 0.2) is 42.7 Å². The van der Waals surface area contributed by atoms with Crippen molar-refractivity contribution in [3.63, 3.8) is 0 Å². The van der Waals surface area contributed by atoms with Crippen LogP contribution in [0.3, 0.4) is 0 Å². The number of benzene rings is 1. The van der Waals surface area contributed by atoms with E-state index in [4.69, 9.17) is 0 Å². The summed E-state index contributed by atoms with van der Waals surface area (Å²) in [5.74, 6) is 0.148. The highest BCUT2D eigenvalue weighted by Gasteiger charge is 2.25. The van der Waals surface area contributed by atoms with Gasteiger partial charge >= 0.3 is 0 Å². The Kier molecular flexibility index (Phi) is 5.36. The van der Waals surface area contributed by atoms with Crippen molar-refractivity contribution in [2.75, 3.05) is 5.75 Å². The van der Waals surface area contributed by atoms with E-state index in [-0.39, 0.29) is 11.8 Å². The molecule has 1 aliphatic rings. The molecule has 130 valence electrons. The normalized spacial score (nSPS) is 21.7. The third-order valence-corrected chi connectivity index (χ3v) is 6.08. The largest absolute Gasteiger partial charge is 0.269 e. The van der Waals surface area contributed by atoms with Crippen molar-refractivity contribution in [1.29, 1.82) is 0 Å². The third-order valence-electron chi connectivity index (χ3n) is 4.65. The number of sulfonamides is 1. The summed E-state index contributed by atoms with van der Waals surface area (Å²) in [4.78, 5) is 0. The van der Waals surface area contributed by atoms with Crippen molar-refractivity contribution >= 4 is 10.0 Å². The van der Waals surface area contributed by atoms with Crippen LogP contribution in [0.25, 0.3) is 0 Å². The molecule has 0 radical (unpaired) electrons. The zero-order valence-corrected chi connectivity index (χ0v) is 14.9. The molecule has 1 heterocycles. The molecule has 0 bridgehead atoms. The number of hydrogen-bond acceptors (Lipinski definition) is 3. The van der Waals surface area contributed by atoms with E-state index in [1.807, 2.05) is 48.1 Å². The first-order valence-electron chi connectivity index (χ1n) is 8.56. The molecular weight excluding hydrogens is 322 g/mol. The molecule has 1 saturated carbocycles. The fourth-order valence-corrected chi connectivity index (χ4v) is 4.67. The average Bonchev–Trinajstić information content (AvgIpc) is 3.01. The number of aromatic nitrogens is 2. The highest BCUT2D eigenvalue weighted by molar-refractivity contribution is 7.89. The van der Waals surface area contributed by atoms with E-state index in [0.29, 0.717) is 12.5 Å². The number of nitrogens with one attached hydrogen (secondary N) is 1. The van der Waals surface area contributed by atoms with Crippen LogP contribution in [-0.4, -0.2) is 30.0 Å². The maximum absolute atomic E-state index is 12.3. The van der Waals surface area contributed by atoms with Crippen LogP contribution >= 0.6 is 0 Å². The second-order valence-corrected chi connectivity index (χ2v) is 8.55. The molecule has 1 aromatic heterocycles. The van der Waals surface area contributed by atoms with E-state index in [1.54, 1.807) is 0 Å². The zero-order valence-electron chi connectivity index (χ0n) is 14.1. The minimum absolute atomic E-state index is 0.0543. The van der Waals surface area contributed by atoms with Crippen molar-refractivity contribution in [2.45, 2.75) is 51.1 Å². The molecule has 0 atom stereocenters. The van der Waals surface area contributed by atoms with Crippen molar-refractivity contribution in [2.24, 2.45) is 0 Å². The van der Waals surface area contributed by atoms with Crippen LogP contribution < -0.4 is 4.72 Å². The van der Waals surface area contributed by atoms with E-state index < -0.39 is 10.0 Å². The van der Waals surface area contributed by atoms with Crippen LogP contribution in [0, 0.1) is 6.92 Å². The van der Waals surface area contributed by atoms with Gasteiger partial charge in [0.2, 0.25) is 10.0 Å². The van der Waals surface area contributed by atoms with Gasteiger partial charge in [0.05, 0.1) is 18.0 Å². The van der Waals surface area contributed by atoms with Gasteiger partial charge in [0.15, 0.2) is 0 Å². The molecular formula is C18H25N3O2S. The molecule has 24 heavy (non-hydrogen) atoms. The Morgan fingerprint density at radius 3 is 2.50 bits per heavy atom. The van der Waals surface area contributed by atoms with Crippen molar-refractivity contribution in [3.8, 4) is 0 Å². The summed E-state index contributed by atoms with van der Waals surface area (Å²) in [5, 5.41) is 4.38. The van der Waals surface area contributed by atoms with Gasteiger partial charge in [0, 0.05) is 12.2 Å². The standard InChI is InChI=1S/C18H25N3O2S/c1-15-13-19-21(14-15)18-9-7-17(8-10-18)20-24(22,23)12-11-16-5-3-2-4-6-16/h2-6,13-14,17-18,20H,7-12H2,1H3. The van der Waals surface area contributed by atoms with Gasteiger partial charge in [-0.15, -0.1) is 0 Å². The summed E-state index contributed by atoms with van der Waals surface area (Å²) in [6.07, 6.45) is 8.16. The molecule has 3 rings (SSSR count). The lowest BCUT2D eigenvalue weighted by Gasteiger charge is -2.29. The molecule has 0 saturated heterocycles. The van der Waals surface area contributed by atoms with Gasteiger partial charge in [-0.1, -0.05) is 30.3 Å². The summed E-state index contributed by atoms with van der Waals surface area (Å²) < 4.78 is 29.5. The van der Waals surface area contributed by atoms with Gasteiger partial charge < -0.3 is 0 Å². The molecule has 6 heteroatoms. The topological polar surface area (TPSA) is 64.0 Å². The smallest absolute Gasteiger partial charge is 0.212 e. The lowest BCUT2D eigenvalue weighted by atomic mass is 9.92. The fourth-order valence-electron chi connectivity index (χ4n) is 3.30. The highest BCUT2D eigenvalue weighted by Crippen LogP contribution is 2.28. The third kappa shape index (κ3) is 4.68. The van der Waals surface area contributed by atoms with Crippen molar-refractivity contribution in [1.82, 2.24) is 14.5 Å². The minimum atomic E-state index is -3.23. The second kappa shape index (κ2) is 7.49. The summed E-state index contributed by atoms with van der Waals surface area (Å²) in [5.41, 5.74) is 2.22. The van der Waals surface area contributed by atoms with Crippen LogP contribution in [0.1, 0.15) is 42.9 Å². The average molecular weight is 347 g/mol. The van der Waals surface area contributed by atoms with Gasteiger partial charge in [0.1, 0.15) is 0 Å². The lowest BCUT2D eigenvalue weighted by molar-refractivity contribution is 0.293. The summed E-state index contributed by atoms with van der Waals surface area (Å²) >= 11 is 0. The van der Waals surface area contributed by atoms with Gasteiger partial charge in [-0.3, -0.25) is 4.68 Å². The molecule has 1 fully saturated rings. The second-order valence-electron chi connectivity index (χ2n) is 6.68. The van der Waals surface area contributed by atoms with E-state index in [2.05, 4.69) is 16.0 Å². The summed E-state index contributed by atoms with van der Waals surface area (Å²) in [6, 6.07) is 10.2. The first-order valence-corrected chi connectivity index (χ1v) is 10.2. The molecule has 0 spiro atoms. The molecule has 1 aliphatic carbocycles. The summed E-state index contributed by atoms with van der Waals surface area (Å²) in [6.45, 7) is 2.04. The quantitative estimate of drug-likeness (QED) is 0.874. The van der Waals surface area contributed by atoms with E-state index in [1.165, 1.54) is 5.56 Å². The Bertz CT molecular complexity index is 748. The van der Waals surface area contributed by atoms with Crippen LogP contribution in [0.4, 0.5) is 0 Å². The lowest BCUT2D eigenvalue weighted by Crippen LogP contribution is -2.39.